The van der Waals surface area contributed by atoms with Gasteiger partial charge >= 0.3 is 0 Å². The van der Waals surface area contributed by atoms with Crippen LogP contribution in [0, 0.1) is 24.6 Å². The van der Waals surface area contributed by atoms with Crippen LogP contribution in [-0.4, -0.2) is 73.2 Å². The maximum atomic E-state index is 16.1. The van der Waals surface area contributed by atoms with Gasteiger partial charge in [-0.15, -0.1) is 0 Å². The molecule has 12 heteroatoms. The van der Waals surface area contributed by atoms with Gasteiger partial charge in [-0.1, -0.05) is 24.3 Å². The van der Waals surface area contributed by atoms with Crippen LogP contribution < -0.4 is 20.6 Å². The van der Waals surface area contributed by atoms with Gasteiger partial charge in [0.2, 0.25) is 5.43 Å². The predicted octanol–water partition coefficient (Wildman–Crippen LogP) is 7.67. The summed E-state index contributed by atoms with van der Waals surface area (Å²) < 4.78 is 46.4. The van der Waals surface area contributed by atoms with Crippen LogP contribution in [0.15, 0.2) is 84.2 Å². The molecule has 2 N–H and O–H groups in total. The highest BCUT2D eigenvalue weighted by molar-refractivity contribution is 5.97. The number of Topliss-reactive ketones (excluding diaryl/α,β-unsaturated/α-hetero) is 1. The van der Waals surface area contributed by atoms with Crippen molar-refractivity contribution < 1.29 is 32.9 Å². The number of ether oxygens (including phenoxy) is 5. The molecule has 2 aliphatic heterocycles. The number of hydrogen-bond acceptors (Lipinski definition) is 10. The Morgan fingerprint density at radius 2 is 1.74 bits per heavy atom. The molecule has 11 nitrogen and oxygen atoms in total. The molecule has 0 bridgehead atoms. The van der Waals surface area contributed by atoms with Crippen molar-refractivity contribution in [1.29, 1.82) is 0 Å². The van der Waals surface area contributed by atoms with Crippen molar-refractivity contribution in [2.24, 2.45) is 11.8 Å². The van der Waals surface area contributed by atoms with E-state index in [2.05, 4.69) is 9.97 Å². The van der Waals surface area contributed by atoms with Crippen LogP contribution in [-0.2, 0) is 20.8 Å². The second-order valence-electron chi connectivity index (χ2n) is 15.6. The minimum Gasteiger partial charge on any atom is -0.493 e. The average molecular weight is 789 g/mol. The van der Waals surface area contributed by atoms with Crippen molar-refractivity contribution in [2.45, 2.75) is 57.6 Å². The maximum Gasteiger partial charge on any atom is 0.201 e. The third kappa shape index (κ3) is 8.69. The second-order valence-corrected chi connectivity index (χ2v) is 15.6. The highest BCUT2D eigenvalue weighted by Crippen LogP contribution is 2.46. The number of hydrogen-bond donors (Lipinski definition) is 1. The molecule has 8 rings (SSSR count). The predicted molar refractivity (Wildman–Crippen MR) is 219 cm³/mol. The lowest BCUT2D eigenvalue weighted by molar-refractivity contribution is -0.101. The zero-order chi connectivity index (χ0) is 40.2. The molecule has 5 heterocycles. The van der Waals surface area contributed by atoms with Gasteiger partial charge in [-0.25, -0.2) is 9.37 Å². The first-order valence-electron chi connectivity index (χ1n) is 20.1. The first kappa shape index (κ1) is 39.4. The molecule has 2 aromatic carbocycles. The number of carbonyl (C=O) groups is 1. The second kappa shape index (κ2) is 17.6. The van der Waals surface area contributed by atoms with Gasteiger partial charge in [0.15, 0.2) is 17.3 Å². The van der Waals surface area contributed by atoms with Crippen LogP contribution in [0.1, 0.15) is 59.5 Å². The Labute approximate surface area is 337 Å². The molecule has 58 heavy (non-hydrogen) atoms. The molecule has 3 fully saturated rings. The molecule has 0 spiro atoms. The zero-order valence-electron chi connectivity index (χ0n) is 33.0. The number of aromatic nitrogens is 3. The number of aryl methyl sites for hydroxylation is 1. The number of ketones is 1. The van der Waals surface area contributed by atoms with Gasteiger partial charge in [-0.3, -0.25) is 14.6 Å². The number of pyridine rings is 3. The number of benzene rings is 2. The van der Waals surface area contributed by atoms with Crippen molar-refractivity contribution in [2.75, 3.05) is 52.5 Å². The Morgan fingerprint density at radius 3 is 2.47 bits per heavy atom. The van der Waals surface area contributed by atoms with E-state index >= 15 is 4.39 Å². The topological polar surface area (TPSA) is 137 Å². The summed E-state index contributed by atoms with van der Waals surface area (Å²) in [5, 5.41) is 0. The number of halogens is 1. The first-order chi connectivity index (χ1) is 28.2. The van der Waals surface area contributed by atoms with E-state index in [1.807, 2.05) is 60.2 Å². The van der Waals surface area contributed by atoms with Crippen molar-refractivity contribution in [3.63, 3.8) is 0 Å². The van der Waals surface area contributed by atoms with E-state index < -0.39 is 5.82 Å². The number of nitrogen functional groups attached to an aromatic ring is 1. The third-order valence-corrected chi connectivity index (χ3v) is 11.7. The lowest BCUT2D eigenvalue weighted by atomic mass is 9.67. The third-order valence-electron chi connectivity index (χ3n) is 11.7. The molecule has 2 unspecified atom stereocenters. The largest absolute Gasteiger partial charge is 0.493 e. The molecule has 0 radical (unpaired) electrons. The molecule has 3 aliphatic rings. The number of carbonyl (C=O) groups excluding carboxylic acids is 1. The van der Waals surface area contributed by atoms with Gasteiger partial charge in [0.25, 0.3) is 0 Å². The van der Waals surface area contributed by atoms with Gasteiger partial charge in [0.1, 0.15) is 24.3 Å². The van der Waals surface area contributed by atoms with E-state index in [0.29, 0.717) is 86.0 Å². The van der Waals surface area contributed by atoms with E-state index in [-0.39, 0.29) is 47.0 Å². The average Bonchev–Trinajstić information content (AvgIpc) is 3.23. The summed E-state index contributed by atoms with van der Waals surface area (Å²) >= 11 is 0. The maximum absolute atomic E-state index is 16.1. The number of rotatable bonds is 13. The fourth-order valence-corrected chi connectivity index (χ4v) is 8.18. The summed E-state index contributed by atoms with van der Waals surface area (Å²) in [5.74, 6) is 1.02. The quantitative estimate of drug-likeness (QED) is 0.118. The Bertz CT molecular complexity index is 2320. The van der Waals surface area contributed by atoms with Crippen LogP contribution in [0.3, 0.4) is 0 Å². The van der Waals surface area contributed by atoms with Crippen LogP contribution in [0.4, 0.5) is 10.2 Å². The lowest BCUT2D eigenvalue weighted by Gasteiger charge is -2.37. The van der Waals surface area contributed by atoms with Gasteiger partial charge in [-0.05, 0) is 97.4 Å². The molecule has 1 aliphatic carbocycles. The molecule has 2 saturated heterocycles. The number of anilines is 1. The van der Waals surface area contributed by atoms with Crippen molar-refractivity contribution in [3.8, 4) is 45.0 Å². The molecular weight excluding hydrogens is 740 g/mol. The van der Waals surface area contributed by atoms with Gasteiger partial charge in [0, 0.05) is 67.7 Å². The normalized spacial score (nSPS) is 19.7. The van der Waals surface area contributed by atoms with Crippen LogP contribution in [0.2, 0.25) is 0 Å². The highest BCUT2D eigenvalue weighted by atomic mass is 19.1. The highest BCUT2D eigenvalue weighted by Gasteiger charge is 2.35. The first-order valence-corrected chi connectivity index (χ1v) is 20.1. The fourth-order valence-electron chi connectivity index (χ4n) is 8.18. The molecule has 302 valence electrons. The van der Waals surface area contributed by atoms with E-state index in [0.717, 1.165) is 47.9 Å². The molecule has 1 saturated carbocycles. The van der Waals surface area contributed by atoms with Gasteiger partial charge < -0.3 is 34.0 Å². The molecule has 3 aromatic heterocycles. The molecular formula is C46H49FN4O7. The van der Waals surface area contributed by atoms with Crippen LogP contribution in [0.25, 0.3) is 33.5 Å². The van der Waals surface area contributed by atoms with Crippen molar-refractivity contribution >= 4 is 11.6 Å². The van der Waals surface area contributed by atoms with E-state index in [1.54, 1.807) is 37.8 Å². The molecule has 5 aromatic rings. The van der Waals surface area contributed by atoms with Crippen molar-refractivity contribution in [1.82, 2.24) is 14.5 Å². The summed E-state index contributed by atoms with van der Waals surface area (Å²) in [6.45, 7) is 5.96. The van der Waals surface area contributed by atoms with E-state index in [9.17, 15) is 9.59 Å². The molecule has 0 amide bonds. The van der Waals surface area contributed by atoms with E-state index in [4.69, 9.17) is 29.4 Å². The fraction of sp³-hybridized carbons (Fsp3) is 0.391. The summed E-state index contributed by atoms with van der Waals surface area (Å²) in [5.41, 5.74) is 11.3. The monoisotopic (exact) mass is 788 g/mol. The Morgan fingerprint density at radius 1 is 0.879 bits per heavy atom. The van der Waals surface area contributed by atoms with Crippen LogP contribution >= 0.6 is 0 Å². The van der Waals surface area contributed by atoms with Gasteiger partial charge in [0.05, 0.1) is 43.8 Å². The number of nitrogens with zero attached hydrogens (tertiary/aromatic N) is 3. The van der Waals surface area contributed by atoms with Gasteiger partial charge in [-0.2, -0.15) is 0 Å². The number of nitrogens with two attached hydrogens (primary N) is 1. The summed E-state index contributed by atoms with van der Waals surface area (Å²) in [6.07, 6.45) is 10.4. The summed E-state index contributed by atoms with van der Waals surface area (Å²) in [6, 6.07) is 16.3. The van der Waals surface area contributed by atoms with Crippen molar-refractivity contribution in [3.05, 3.63) is 112 Å². The zero-order valence-corrected chi connectivity index (χ0v) is 33.0. The lowest BCUT2D eigenvalue weighted by Crippen LogP contribution is -2.33. The van der Waals surface area contributed by atoms with E-state index in [1.165, 1.54) is 0 Å². The Hall–Kier alpha value is -5.43. The standard InChI is InChI=1S/C46H49FN4O7/c1-28-3-9-41(49-21-28)38-24-51(23-29-11-13-55-14-12-29)25-39(45(38)53)42(52)19-32-4-7-35(32)31-5-8-36(40(47)18-31)37-17-33(22-50-46(37)48)30-6-10-43(44(20-30)54-2)58-27-34-26-56-15-16-57-34/h3,5-6,8-10,17-18,20-22,24-25,29,32,34-35H,4,7,11-16,19,23,26-27H2,1-2H3,(H2,48,50)/t32?,34-,35?/m1/s1. The Kier molecular flexibility index (Phi) is 12.0. The SMILES string of the molecule is COc1cc(-c2cnc(N)c(-c3ccc(C4CCC4CC(=O)c4cn(CC5CCOCC5)cc(-c5ccc(C)cn5)c4=O)cc3F)c2)ccc1OC[C@H]1COCCO1. The molecule has 3 atom stereocenters. The minimum absolute atomic E-state index is 0.0221. The minimum atomic E-state index is -0.426. The summed E-state index contributed by atoms with van der Waals surface area (Å²) in [7, 11) is 1.57. The van der Waals surface area contributed by atoms with Crippen LogP contribution in [0.5, 0.6) is 11.5 Å². The number of methoxy groups -OCH3 is 1. The smallest absolute Gasteiger partial charge is 0.201 e. The Balaban J connectivity index is 0.988. The summed E-state index contributed by atoms with van der Waals surface area (Å²) in [4.78, 5) is 36.8.